The number of amides is 2. The van der Waals surface area contributed by atoms with Crippen LogP contribution in [0.1, 0.15) is 0 Å². The van der Waals surface area contributed by atoms with E-state index in [2.05, 4.69) is 36.5 Å². The smallest absolute Gasteiger partial charge is 0.306 e. The van der Waals surface area contributed by atoms with E-state index in [0.717, 1.165) is 4.47 Å². The molecule has 1 aromatic heterocycles. The number of hydrogen-bond acceptors (Lipinski definition) is 3. The largest absolute Gasteiger partial charge is 0.324 e. The summed E-state index contributed by atoms with van der Waals surface area (Å²) < 4.78 is 0.840. The van der Waals surface area contributed by atoms with E-state index in [9.17, 15) is 4.79 Å². The Labute approximate surface area is 117 Å². The predicted molar refractivity (Wildman–Crippen MR) is 73.8 cm³/mol. The van der Waals surface area contributed by atoms with Gasteiger partial charge in [0.05, 0.1) is 16.9 Å². The Kier molecular flexibility index (Phi) is 4.11. The van der Waals surface area contributed by atoms with Gasteiger partial charge in [-0.2, -0.15) is 0 Å². The highest BCUT2D eigenvalue weighted by molar-refractivity contribution is 9.10. The Balaban J connectivity index is 2.03. The summed E-state index contributed by atoms with van der Waals surface area (Å²) >= 11 is 9.26. The van der Waals surface area contributed by atoms with Crippen molar-refractivity contribution in [3.05, 3.63) is 46.3 Å². The topological polar surface area (TPSA) is 66.9 Å². The molecule has 0 atom stereocenters. The molecule has 2 N–H and O–H groups in total. The molecule has 18 heavy (non-hydrogen) atoms. The van der Waals surface area contributed by atoms with Gasteiger partial charge >= 0.3 is 6.03 Å². The van der Waals surface area contributed by atoms with Crippen molar-refractivity contribution < 1.29 is 4.79 Å². The Morgan fingerprint density at radius 3 is 2.78 bits per heavy atom. The minimum Gasteiger partial charge on any atom is -0.306 e. The average Bonchev–Trinajstić information content (AvgIpc) is 2.34. The summed E-state index contributed by atoms with van der Waals surface area (Å²) in [7, 11) is 0. The van der Waals surface area contributed by atoms with Gasteiger partial charge in [-0.25, -0.2) is 9.78 Å². The third-order valence-electron chi connectivity index (χ3n) is 1.98. The molecule has 0 bridgehead atoms. The van der Waals surface area contributed by atoms with E-state index in [-0.39, 0.29) is 0 Å². The lowest BCUT2D eigenvalue weighted by atomic mass is 10.3. The third kappa shape index (κ3) is 3.41. The molecule has 2 rings (SSSR count). The highest BCUT2D eigenvalue weighted by atomic mass is 79.9. The van der Waals surface area contributed by atoms with Crippen LogP contribution < -0.4 is 10.6 Å². The number of halogens is 2. The molecule has 0 spiro atoms. The van der Waals surface area contributed by atoms with Crippen molar-refractivity contribution in [3.8, 4) is 0 Å². The zero-order valence-electron chi connectivity index (χ0n) is 9.02. The molecular formula is C11H8BrClN4O. The number of nitrogens with zero attached hydrogens (tertiary/aromatic N) is 2. The van der Waals surface area contributed by atoms with E-state index < -0.39 is 6.03 Å². The number of anilines is 2. The summed E-state index contributed by atoms with van der Waals surface area (Å²) in [6.07, 6.45) is 4.46. The second kappa shape index (κ2) is 5.79. The van der Waals surface area contributed by atoms with Gasteiger partial charge in [-0.3, -0.25) is 10.3 Å². The van der Waals surface area contributed by atoms with Crippen LogP contribution in [0.3, 0.4) is 0 Å². The quantitative estimate of drug-likeness (QED) is 0.886. The monoisotopic (exact) mass is 326 g/mol. The maximum absolute atomic E-state index is 11.7. The van der Waals surface area contributed by atoms with Crippen molar-refractivity contribution in [3.63, 3.8) is 0 Å². The molecule has 7 heteroatoms. The van der Waals surface area contributed by atoms with Gasteiger partial charge in [0.15, 0.2) is 5.82 Å². The van der Waals surface area contributed by atoms with Gasteiger partial charge in [0.1, 0.15) is 0 Å². The van der Waals surface area contributed by atoms with Crippen molar-refractivity contribution in [2.75, 3.05) is 10.6 Å². The third-order valence-corrected chi connectivity index (χ3v) is 2.79. The number of benzene rings is 1. The minimum atomic E-state index is -0.431. The number of rotatable bonds is 2. The second-order valence-electron chi connectivity index (χ2n) is 3.29. The lowest BCUT2D eigenvalue weighted by molar-refractivity contribution is 0.262. The van der Waals surface area contributed by atoms with E-state index in [1.165, 1.54) is 18.6 Å². The molecule has 2 aromatic rings. The van der Waals surface area contributed by atoms with Crippen LogP contribution >= 0.6 is 27.5 Å². The van der Waals surface area contributed by atoms with Gasteiger partial charge < -0.3 is 5.32 Å². The SMILES string of the molecule is O=C(Nc1cnccn1)Nc1ccc(Br)cc1Cl. The first kappa shape index (κ1) is 12.8. The fourth-order valence-electron chi connectivity index (χ4n) is 1.22. The molecule has 92 valence electrons. The standard InChI is InChI=1S/C11H8BrClN4O/c12-7-1-2-9(8(13)5-7)16-11(18)17-10-6-14-3-4-15-10/h1-6H,(H2,15,16,17,18). The van der Waals surface area contributed by atoms with Gasteiger partial charge in [-0.15, -0.1) is 0 Å². The molecule has 0 aliphatic carbocycles. The van der Waals surface area contributed by atoms with E-state index in [4.69, 9.17) is 11.6 Å². The molecular weight excluding hydrogens is 320 g/mol. The van der Waals surface area contributed by atoms with Crippen LogP contribution in [0.5, 0.6) is 0 Å². The number of carbonyl (C=O) groups excluding carboxylic acids is 1. The lowest BCUT2D eigenvalue weighted by Gasteiger charge is -2.08. The highest BCUT2D eigenvalue weighted by Crippen LogP contribution is 2.25. The zero-order valence-corrected chi connectivity index (χ0v) is 11.4. The van der Waals surface area contributed by atoms with E-state index in [1.54, 1.807) is 18.2 Å². The maximum Gasteiger partial charge on any atom is 0.324 e. The molecule has 5 nitrogen and oxygen atoms in total. The molecule has 2 amide bonds. The summed E-state index contributed by atoms with van der Waals surface area (Å²) in [5, 5.41) is 5.60. The summed E-state index contributed by atoms with van der Waals surface area (Å²) in [6, 6.07) is 4.74. The van der Waals surface area contributed by atoms with Crippen molar-refractivity contribution in [2.24, 2.45) is 0 Å². The van der Waals surface area contributed by atoms with Crippen LogP contribution in [0.15, 0.2) is 41.3 Å². The minimum absolute atomic E-state index is 0.364. The van der Waals surface area contributed by atoms with Crippen molar-refractivity contribution in [2.45, 2.75) is 0 Å². The lowest BCUT2D eigenvalue weighted by Crippen LogP contribution is -2.20. The summed E-state index contributed by atoms with van der Waals surface area (Å²) in [5.41, 5.74) is 0.515. The van der Waals surface area contributed by atoms with Gasteiger partial charge in [-0.05, 0) is 18.2 Å². The van der Waals surface area contributed by atoms with Gasteiger partial charge in [0, 0.05) is 16.9 Å². The molecule has 0 unspecified atom stereocenters. The molecule has 1 heterocycles. The average molecular weight is 328 g/mol. The summed E-state index contributed by atoms with van der Waals surface area (Å²) in [6.45, 7) is 0. The molecule has 0 aliphatic heterocycles. The molecule has 0 fully saturated rings. The highest BCUT2D eigenvalue weighted by Gasteiger charge is 2.06. The first-order chi connectivity index (χ1) is 8.65. The van der Waals surface area contributed by atoms with Crippen molar-refractivity contribution >= 4 is 45.1 Å². The first-order valence-corrected chi connectivity index (χ1v) is 6.11. The van der Waals surface area contributed by atoms with Crippen LogP contribution in [0.25, 0.3) is 0 Å². The molecule has 0 saturated heterocycles. The summed E-state index contributed by atoms with van der Waals surface area (Å²) in [5.74, 6) is 0.364. The number of aromatic nitrogens is 2. The van der Waals surface area contributed by atoms with Crippen LogP contribution in [-0.4, -0.2) is 16.0 Å². The number of nitrogens with one attached hydrogen (secondary N) is 2. The Morgan fingerprint density at radius 2 is 2.11 bits per heavy atom. The summed E-state index contributed by atoms with van der Waals surface area (Å²) in [4.78, 5) is 19.4. The van der Waals surface area contributed by atoms with Crippen LogP contribution in [0.2, 0.25) is 5.02 Å². The molecule has 0 radical (unpaired) electrons. The first-order valence-electron chi connectivity index (χ1n) is 4.94. The van der Waals surface area contributed by atoms with E-state index in [1.807, 2.05) is 0 Å². The van der Waals surface area contributed by atoms with E-state index >= 15 is 0 Å². The fraction of sp³-hybridized carbons (Fsp3) is 0. The number of hydrogen-bond donors (Lipinski definition) is 2. The Hall–Kier alpha value is -1.66. The zero-order chi connectivity index (χ0) is 13.0. The number of carbonyl (C=O) groups is 1. The van der Waals surface area contributed by atoms with Crippen molar-refractivity contribution in [1.29, 1.82) is 0 Å². The Bertz CT molecular complexity index is 564. The molecule has 0 aliphatic rings. The van der Waals surface area contributed by atoms with Crippen molar-refractivity contribution in [1.82, 2.24) is 9.97 Å². The normalized spacial score (nSPS) is 9.89. The van der Waals surface area contributed by atoms with Crippen LogP contribution in [-0.2, 0) is 0 Å². The fourth-order valence-corrected chi connectivity index (χ4v) is 1.95. The van der Waals surface area contributed by atoms with Gasteiger partial charge in [0.25, 0.3) is 0 Å². The molecule has 1 aromatic carbocycles. The second-order valence-corrected chi connectivity index (χ2v) is 4.62. The molecule has 0 saturated carbocycles. The van der Waals surface area contributed by atoms with Crippen LogP contribution in [0.4, 0.5) is 16.3 Å². The predicted octanol–water partition coefficient (Wildman–Crippen LogP) is 3.54. The van der Waals surface area contributed by atoms with E-state index in [0.29, 0.717) is 16.5 Å². The Morgan fingerprint density at radius 1 is 1.28 bits per heavy atom. The van der Waals surface area contributed by atoms with Crippen LogP contribution in [0, 0.1) is 0 Å². The van der Waals surface area contributed by atoms with Gasteiger partial charge in [-0.1, -0.05) is 27.5 Å². The number of urea groups is 1. The van der Waals surface area contributed by atoms with Gasteiger partial charge in [0.2, 0.25) is 0 Å². The maximum atomic E-state index is 11.7.